The number of carbonyl (C=O) groups is 1. The van der Waals surface area contributed by atoms with Crippen LogP contribution in [0.3, 0.4) is 0 Å². The summed E-state index contributed by atoms with van der Waals surface area (Å²) in [5.41, 5.74) is 4.20. The Labute approximate surface area is 162 Å². The van der Waals surface area contributed by atoms with E-state index in [0.29, 0.717) is 0 Å². The number of nitrogens with zero attached hydrogens (tertiary/aromatic N) is 3. The Kier molecular flexibility index (Phi) is 5.00. The fraction of sp³-hybridized carbons (Fsp3) is 0.478. The molecule has 2 aliphatic heterocycles. The summed E-state index contributed by atoms with van der Waals surface area (Å²) in [6, 6.07) is 12.9. The molecular weight excluding hydrogens is 334 g/mol. The van der Waals surface area contributed by atoms with Gasteiger partial charge in [-0.05, 0) is 48.2 Å². The predicted octanol–water partition coefficient (Wildman–Crippen LogP) is 3.51. The van der Waals surface area contributed by atoms with Crippen LogP contribution in [0.4, 0.5) is 0 Å². The first-order chi connectivity index (χ1) is 13.0. The maximum absolute atomic E-state index is 12.9. The number of hydrogen-bond acceptors (Lipinski definition) is 3. The van der Waals surface area contributed by atoms with Crippen LogP contribution in [0.15, 0.2) is 48.8 Å². The number of hydrogen-bond donors (Lipinski definition) is 0. The van der Waals surface area contributed by atoms with Crippen LogP contribution in [0.1, 0.15) is 37.0 Å². The van der Waals surface area contributed by atoms with Gasteiger partial charge in [0, 0.05) is 49.9 Å². The van der Waals surface area contributed by atoms with Crippen LogP contribution in [0.2, 0.25) is 0 Å². The van der Waals surface area contributed by atoms with E-state index in [4.69, 9.17) is 0 Å². The van der Waals surface area contributed by atoms with E-state index in [1.54, 1.807) is 0 Å². The molecule has 0 radical (unpaired) electrons. The van der Waals surface area contributed by atoms with Crippen molar-refractivity contribution in [3.8, 4) is 0 Å². The molecule has 1 amide bonds. The average Bonchev–Trinajstić information content (AvgIpc) is 2.96. The van der Waals surface area contributed by atoms with Crippen molar-refractivity contribution in [3.05, 3.63) is 65.5 Å². The van der Waals surface area contributed by atoms with Crippen LogP contribution in [0.5, 0.6) is 0 Å². The molecule has 1 unspecified atom stereocenters. The largest absolute Gasteiger partial charge is 0.338 e. The quantitative estimate of drug-likeness (QED) is 0.837. The normalized spacial score (nSPS) is 22.9. The molecule has 1 spiro atoms. The molecule has 0 aliphatic carbocycles. The number of fused-ring (bicyclic) bond motifs is 1. The van der Waals surface area contributed by atoms with Crippen molar-refractivity contribution in [1.29, 1.82) is 0 Å². The minimum Gasteiger partial charge on any atom is -0.338 e. The molecule has 2 aliphatic rings. The lowest BCUT2D eigenvalue weighted by molar-refractivity contribution is -0.136. The van der Waals surface area contributed by atoms with Crippen LogP contribution in [-0.2, 0) is 24.3 Å². The van der Waals surface area contributed by atoms with Crippen molar-refractivity contribution in [2.45, 2.75) is 39.8 Å². The summed E-state index contributed by atoms with van der Waals surface area (Å²) in [5.74, 6) is 0.320. The van der Waals surface area contributed by atoms with Crippen molar-refractivity contribution in [3.63, 3.8) is 0 Å². The van der Waals surface area contributed by atoms with Gasteiger partial charge in [-0.25, -0.2) is 0 Å². The van der Waals surface area contributed by atoms with Gasteiger partial charge in [-0.3, -0.25) is 14.7 Å². The second kappa shape index (κ2) is 7.43. The molecule has 3 heterocycles. The average molecular weight is 364 g/mol. The molecule has 1 aromatic heterocycles. The molecule has 27 heavy (non-hydrogen) atoms. The first-order valence-electron chi connectivity index (χ1n) is 10.0. The second-order valence-electron chi connectivity index (χ2n) is 8.61. The van der Waals surface area contributed by atoms with Crippen LogP contribution in [0.25, 0.3) is 0 Å². The molecule has 4 rings (SSSR count). The minimum atomic E-state index is 0.0432. The molecule has 1 saturated heterocycles. The third kappa shape index (κ3) is 3.91. The van der Waals surface area contributed by atoms with Gasteiger partial charge in [0.05, 0.1) is 0 Å². The summed E-state index contributed by atoms with van der Waals surface area (Å²) in [6.07, 6.45) is 5.95. The highest BCUT2D eigenvalue weighted by atomic mass is 16.2. The van der Waals surface area contributed by atoms with Gasteiger partial charge in [0.2, 0.25) is 5.91 Å². The summed E-state index contributed by atoms with van der Waals surface area (Å²) in [6.45, 7) is 8.74. The lowest BCUT2D eigenvalue weighted by atomic mass is 9.80. The Morgan fingerprint density at radius 2 is 1.85 bits per heavy atom. The molecule has 0 N–H and O–H groups in total. The van der Waals surface area contributed by atoms with Crippen molar-refractivity contribution in [2.75, 3.05) is 19.6 Å². The molecule has 2 aromatic rings. The third-order valence-electron chi connectivity index (χ3n) is 6.05. The van der Waals surface area contributed by atoms with Crippen molar-refractivity contribution in [2.24, 2.45) is 11.3 Å². The van der Waals surface area contributed by atoms with E-state index >= 15 is 0 Å². The summed E-state index contributed by atoms with van der Waals surface area (Å²) < 4.78 is 0. The van der Waals surface area contributed by atoms with Crippen LogP contribution in [-0.4, -0.2) is 40.3 Å². The first-order valence-corrected chi connectivity index (χ1v) is 10.0. The van der Waals surface area contributed by atoms with E-state index in [9.17, 15) is 4.79 Å². The summed E-state index contributed by atoms with van der Waals surface area (Å²) >= 11 is 0. The lowest BCUT2D eigenvalue weighted by Crippen LogP contribution is -2.43. The van der Waals surface area contributed by atoms with Gasteiger partial charge in [-0.15, -0.1) is 0 Å². The lowest BCUT2D eigenvalue weighted by Gasteiger charge is -2.34. The fourth-order valence-electron chi connectivity index (χ4n) is 4.71. The number of aromatic nitrogens is 1. The topological polar surface area (TPSA) is 36.4 Å². The summed E-state index contributed by atoms with van der Waals surface area (Å²) in [7, 11) is 0. The number of pyridine rings is 1. The Balaban J connectivity index is 1.58. The van der Waals surface area contributed by atoms with Crippen molar-refractivity contribution in [1.82, 2.24) is 14.8 Å². The zero-order chi connectivity index (χ0) is 18.9. The second-order valence-corrected chi connectivity index (χ2v) is 8.61. The summed E-state index contributed by atoms with van der Waals surface area (Å²) in [5, 5.41) is 0. The standard InChI is InChI=1S/C23H29N3O/c1-18(2)22(27)26-15-21-6-4-3-5-20(21)13-23(17-26)9-12-25(16-23)14-19-7-10-24-11-8-19/h3-8,10-11,18H,9,12-17H2,1-2H3. The number of rotatable bonds is 3. The number of amides is 1. The van der Waals surface area contributed by atoms with Gasteiger partial charge in [-0.2, -0.15) is 0 Å². The number of benzene rings is 1. The third-order valence-corrected chi connectivity index (χ3v) is 6.05. The van der Waals surface area contributed by atoms with Crippen molar-refractivity contribution < 1.29 is 4.79 Å². The highest BCUT2D eigenvalue weighted by molar-refractivity contribution is 5.78. The molecule has 0 bridgehead atoms. The molecule has 0 saturated carbocycles. The molecule has 142 valence electrons. The Bertz CT molecular complexity index is 804. The SMILES string of the molecule is CC(C)C(=O)N1Cc2ccccc2CC2(CCN(Cc3ccncc3)C2)C1. The van der Waals surface area contributed by atoms with Gasteiger partial charge in [0.1, 0.15) is 0 Å². The molecular formula is C23H29N3O. The Hall–Kier alpha value is -2.20. The minimum absolute atomic E-state index is 0.0432. The highest BCUT2D eigenvalue weighted by Gasteiger charge is 2.42. The Morgan fingerprint density at radius 1 is 1.11 bits per heavy atom. The van der Waals surface area contributed by atoms with Gasteiger partial charge < -0.3 is 4.90 Å². The zero-order valence-corrected chi connectivity index (χ0v) is 16.4. The van der Waals surface area contributed by atoms with Crippen molar-refractivity contribution >= 4 is 5.91 Å². The Morgan fingerprint density at radius 3 is 2.59 bits per heavy atom. The molecule has 1 aromatic carbocycles. The van der Waals surface area contributed by atoms with E-state index < -0.39 is 0 Å². The number of carbonyl (C=O) groups excluding carboxylic acids is 1. The maximum atomic E-state index is 12.9. The smallest absolute Gasteiger partial charge is 0.225 e. The molecule has 4 heteroatoms. The number of likely N-dealkylation sites (tertiary alicyclic amines) is 1. The fourth-order valence-corrected chi connectivity index (χ4v) is 4.71. The van der Waals surface area contributed by atoms with E-state index in [1.165, 1.54) is 16.7 Å². The van der Waals surface area contributed by atoms with Gasteiger partial charge in [0.25, 0.3) is 0 Å². The monoisotopic (exact) mass is 363 g/mol. The van der Waals surface area contributed by atoms with Gasteiger partial charge in [0.15, 0.2) is 0 Å². The highest BCUT2D eigenvalue weighted by Crippen LogP contribution is 2.39. The first kappa shape index (κ1) is 18.2. The van der Waals surface area contributed by atoms with Crippen LogP contribution < -0.4 is 0 Å². The van der Waals surface area contributed by atoms with E-state index in [0.717, 1.165) is 45.6 Å². The van der Waals surface area contributed by atoms with E-state index in [1.807, 2.05) is 26.2 Å². The van der Waals surface area contributed by atoms with Gasteiger partial charge in [-0.1, -0.05) is 38.1 Å². The van der Waals surface area contributed by atoms with E-state index in [-0.39, 0.29) is 17.2 Å². The van der Waals surface area contributed by atoms with Crippen LogP contribution in [0, 0.1) is 11.3 Å². The zero-order valence-electron chi connectivity index (χ0n) is 16.4. The summed E-state index contributed by atoms with van der Waals surface area (Å²) in [4.78, 5) is 21.7. The molecule has 4 nitrogen and oxygen atoms in total. The molecule has 1 atom stereocenters. The van der Waals surface area contributed by atoms with E-state index in [2.05, 4.69) is 51.2 Å². The van der Waals surface area contributed by atoms with Gasteiger partial charge >= 0.3 is 0 Å². The maximum Gasteiger partial charge on any atom is 0.225 e. The predicted molar refractivity (Wildman–Crippen MR) is 107 cm³/mol. The van der Waals surface area contributed by atoms with Crippen LogP contribution >= 0.6 is 0 Å². The molecule has 1 fully saturated rings.